The van der Waals surface area contributed by atoms with E-state index in [1.807, 2.05) is 38.1 Å². The van der Waals surface area contributed by atoms with Gasteiger partial charge >= 0.3 is 0 Å². The second-order valence-corrected chi connectivity index (χ2v) is 5.88. The quantitative estimate of drug-likeness (QED) is 0.813. The highest BCUT2D eigenvalue weighted by Crippen LogP contribution is 2.24. The number of rotatable bonds is 1. The minimum Gasteiger partial charge on any atom is -0.372 e. The molecule has 1 aromatic carbocycles. The Bertz CT molecular complexity index is 679. The van der Waals surface area contributed by atoms with Crippen LogP contribution in [0.2, 0.25) is 5.02 Å². The Morgan fingerprint density at radius 3 is 2.67 bits per heavy atom. The zero-order chi connectivity index (χ0) is 15.0. The van der Waals surface area contributed by atoms with Crippen molar-refractivity contribution in [2.45, 2.75) is 26.1 Å². The summed E-state index contributed by atoms with van der Waals surface area (Å²) >= 11 is 6.27. The predicted molar refractivity (Wildman–Crippen MR) is 82.7 cm³/mol. The van der Waals surface area contributed by atoms with Crippen molar-refractivity contribution in [2.75, 3.05) is 13.1 Å². The molecular formula is C16H17ClN2O2. The number of aromatic nitrogens is 1. The van der Waals surface area contributed by atoms with Crippen LogP contribution < -0.4 is 0 Å². The molecule has 1 aliphatic heterocycles. The third-order valence-electron chi connectivity index (χ3n) is 3.59. The number of para-hydroxylation sites is 1. The van der Waals surface area contributed by atoms with Gasteiger partial charge in [0.05, 0.1) is 22.7 Å². The van der Waals surface area contributed by atoms with Crippen LogP contribution in [0, 0.1) is 0 Å². The highest BCUT2D eigenvalue weighted by molar-refractivity contribution is 6.35. The summed E-state index contributed by atoms with van der Waals surface area (Å²) in [6.45, 7) is 5.10. The molecule has 2 unspecified atom stereocenters. The summed E-state index contributed by atoms with van der Waals surface area (Å²) in [7, 11) is 0. The van der Waals surface area contributed by atoms with E-state index in [2.05, 4.69) is 4.98 Å². The van der Waals surface area contributed by atoms with Gasteiger partial charge in [-0.1, -0.05) is 29.8 Å². The molecule has 1 fully saturated rings. The van der Waals surface area contributed by atoms with Crippen LogP contribution in [-0.2, 0) is 4.74 Å². The molecule has 0 aliphatic carbocycles. The number of carbonyl (C=O) groups excluding carboxylic acids is 1. The molecule has 0 bridgehead atoms. The smallest absolute Gasteiger partial charge is 0.272 e. The molecule has 1 aliphatic rings. The molecule has 110 valence electrons. The normalized spacial score (nSPS) is 22.5. The van der Waals surface area contributed by atoms with Gasteiger partial charge in [-0.15, -0.1) is 0 Å². The third-order valence-corrected chi connectivity index (χ3v) is 3.90. The Kier molecular flexibility index (Phi) is 3.83. The van der Waals surface area contributed by atoms with Crippen LogP contribution in [0.15, 0.2) is 30.3 Å². The fourth-order valence-corrected chi connectivity index (χ4v) is 3.01. The van der Waals surface area contributed by atoms with Crippen LogP contribution in [0.1, 0.15) is 24.3 Å². The maximum Gasteiger partial charge on any atom is 0.272 e. The van der Waals surface area contributed by atoms with Gasteiger partial charge < -0.3 is 9.64 Å². The van der Waals surface area contributed by atoms with Crippen LogP contribution in [-0.4, -0.2) is 41.1 Å². The first-order chi connectivity index (χ1) is 10.0. The average molecular weight is 305 g/mol. The molecule has 0 N–H and O–H groups in total. The van der Waals surface area contributed by atoms with Crippen LogP contribution in [0.4, 0.5) is 0 Å². The maximum atomic E-state index is 12.6. The summed E-state index contributed by atoms with van der Waals surface area (Å²) in [4.78, 5) is 18.9. The van der Waals surface area contributed by atoms with Crippen LogP contribution in [0.3, 0.4) is 0 Å². The van der Waals surface area contributed by atoms with E-state index in [1.54, 1.807) is 11.0 Å². The molecule has 0 radical (unpaired) electrons. The van der Waals surface area contributed by atoms with Crippen LogP contribution in [0.25, 0.3) is 10.9 Å². The van der Waals surface area contributed by atoms with E-state index in [0.717, 1.165) is 10.9 Å². The van der Waals surface area contributed by atoms with E-state index in [0.29, 0.717) is 23.8 Å². The standard InChI is InChI=1S/C16H17ClN2O2/c1-10-8-19(9-11(2)21-10)16(20)15-7-13(17)12-5-3-4-6-14(12)18-15/h3-7,10-11H,8-9H2,1-2H3. The number of benzene rings is 1. The molecule has 21 heavy (non-hydrogen) atoms. The first-order valence-corrected chi connectivity index (χ1v) is 7.42. The lowest BCUT2D eigenvalue weighted by Crippen LogP contribution is -2.48. The molecule has 4 nitrogen and oxygen atoms in total. The zero-order valence-electron chi connectivity index (χ0n) is 12.0. The molecule has 2 aromatic rings. The Hall–Kier alpha value is -1.65. The van der Waals surface area contributed by atoms with Gasteiger partial charge in [0.25, 0.3) is 5.91 Å². The molecule has 5 heteroatoms. The second-order valence-electron chi connectivity index (χ2n) is 5.47. The third kappa shape index (κ3) is 2.87. The molecule has 0 spiro atoms. The van der Waals surface area contributed by atoms with Crippen molar-refractivity contribution in [3.8, 4) is 0 Å². The number of ether oxygens (including phenoxy) is 1. The van der Waals surface area contributed by atoms with Crippen molar-refractivity contribution < 1.29 is 9.53 Å². The van der Waals surface area contributed by atoms with E-state index in [-0.39, 0.29) is 18.1 Å². The maximum absolute atomic E-state index is 12.6. The lowest BCUT2D eigenvalue weighted by molar-refractivity contribution is -0.0587. The van der Waals surface area contributed by atoms with Gasteiger partial charge in [0.15, 0.2) is 0 Å². The lowest BCUT2D eigenvalue weighted by Gasteiger charge is -2.35. The van der Waals surface area contributed by atoms with E-state index in [1.165, 1.54) is 0 Å². The van der Waals surface area contributed by atoms with Crippen molar-refractivity contribution in [1.29, 1.82) is 0 Å². The van der Waals surface area contributed by atoms with Crippen molar-refractivity contribution in [3.05, 3.63) is 41.0 Å². The molecule has 3 rings (SSSR count). The number of hydrogen-bond acceptors (Lipinski definition) is 3. The molecular weight excluding hydrogens is 288 g/mol. The number of amides is 1. The van der Waals surface area contributed by atoms with Gasteiger partial charge in [0.2, 0.25) is 0 Å². The van der Waals surface area contributed by atoms with Crippen molar-refractivity contribution >= 4 is 28.4 Å². The number of nitrogens with zero attached hydrogens (tertiary/aromatic N) is 2. The highest BCUT2D eigenvalue weighted by Gasteiger charge is 2.27. The minimum atomic E-state index is -0.0929. The summed E-state index contributed by atoms with van der Waals surface area (Å²) in [5.74, 6) is -0.0929. The second kappa shape index (κ2) is 5.62. The van der Waals surface area contributed by atoms with Crippen LogP contribution >= 0.6 is 11.6 Å². The SMILES string of the molecule is CC1CN(C(=O)c2cc(Cl)c3ccccc3n2)CC(C)O1. The lowest BCUT2D eigenvalue weighted by atomic mass is 10.1. The predicted octanol–water partition coefficient (Wildman–Crippen LogP) is 3.14. The number of fused-ring (bicyclic) bond motifs is 1. The first-order valence-electron chi connectivity index (χ1n) is 7.04. The summed E-state index contributed by atoms with van der Waals surface area (Å²) < 4.78 is 5.66. The molecule has 2 heterocycles. The van der Waals surface area contributed by atoms with E-state index >= 15 is 0 Å². The molecule has 1 saturated heterocycles. The van der Waals surface area contributed by atoms with E-state index in [4.69, 9.17) is 16.3 Å². The van der Waals surface area contributed by atoms with Gasteiger partial charge in [-0.2, -0.15) is 0 Å². The summed E-state index contributed by atoms with van der Waals surface area (Å²) in [6.07, 6.45) is 0.0715. The Morgan fingerprint density at radius 2 is 1.95 bits per heavy atom. The van der Waals surface area contributed by atoms with Crippen molar-refractivity contribution in [3.63, 3.8) is 0 Å². The molecule has 1 amide bonds. The number of pyridine rings is 1. The summed E-state index contributed by atoms with van der Waals surface area (Å²) in [6, 6.07) is 9.21. The molecule has 2 atom stereocenters. The Balaban J connectivity index is 1.94. The number of morpholine rings is 1. The monoisotopic (exact) mass is 304 g/mol. The van der Waals surface area contributed by atoms with E-state index < -0.39 is 0 Å². The fourth-order valence-electron chi connectivity index (χ4n) is 2.75. The minimum absolute atomic E-state index is 0.0358. The topological polar surface area (TPSA) is 42.4 Å². The zero-order valence-corrected chi connectivity index (χ0v) is 12.8. The summed E-state index contributed by atoms with van der Waals surface area (Å²) in [5, 5.41) is 1.41. The highest BCUT2D eigenvalue weighted by atomic mass is 35.5. The van der Waals surface area contributed by atoms with Crippen LogP contribution in [0.5, 0.6) is 0 Å². The Morgan fingerprint density at radius 1 is 1.29 bits per heavy atom. The van der Waals surface area contributed by atoms with Gasteiger partial charge in [-0.05, 0) is 26.0 Å². The van der Waals surface area contributed by atoms with Gasteiger partial charge in [-0.3, -0.25) is 4.79 Å². The van der Waals surface area contributed by atoms with Gasteiger partial charge in [0, 0.05) is 18.5 Å². The Labute approximate surface area is 128 Å². The number of hydrogen-bond donors (Lipinski definition) is 0. The average Bonchev–Trinajstić information content (AvgIpc) is 2.45. The summed E-state index contributed by atoms with van der Waals surface area (Å²) in [5.41, 5.74) is 1.13. The fraction of sp³-hybridized carbons (Fsp3) is 0.375. The first kappa shape index (κ1) is 14.3. The van der Waals surface area contributed by atoms with E-state index in [9.17, 15) is 4.79 Å². The van der Waals surface area contributed by atoms with Gasteiger partial charge in [0.1, 0.15) is 5.69 Å². The number of carbonyl (C=O) groups is 1. The molecule has 1 aromatic heterocycles. The van der Waals surface area contributed by atoms with Gasteiger partial charge in [-0.25, -0.2) is 4.98 Å². The van der Waals surface area contributed by atoms with Crippen molar-refractivity contribution in [2.24, 2.45) is 0 Å². The number of halogens is 1. The molecule has 0 saturated carbocycles. The largest absolute Gasteiger partial charge is 0.372 e. The van der Waals surface area contributed by atoms with Crippen molar-refractivity contribution in [1.82, 2.24) is 9.88 Å².